The molecule has 0 bridgehead atoms. The second-order valence-corrected chi connectivity index (χ2v) is 28.6. The average Bonchev–Trinajstić information content (AvgIpc) is 1.57. The number of hydrogen-bond acceptors (Lipinski definition) is 5. The molecule has 0 aliphatic heterocycles. The van der Waals surface area contributed by atoms with Crippen molar-refractivity contribution in [1.29, 1.82) is 0 Å². The Kier molecular flexibility index (Phi) is 14.5. The highest BCUT2D eigenvalue weighted by Gasteiger charge is 2.21. The molecule has 0 N–H and O–H groups in total. The summed E-state index contributed by atoms with van der Waals surface area (Å²) in [6, 6.07) is 136. The largest absolute Gasteiger partial charge is 0.456 e. The number of rotatable bonds is 11. The van der Waals surface area contributed by atoms with Gasteiger partial charge in [0.25, 0.3) is 0 Å². The molecule has 512 valence electrons. The van der Waals surface area contributed by atoms with Gasteiger partial charge in [0.05, 0.1) is 56.2 Å². The fraction of sp³-hybridized carbons (Fsp3) is 0. The fourth-order valence-corrected chi connectivity index (χ4v) is 16.8. The lowest BCUT2D eigenvalue weighted by Crippen LogP contribution is -1.95. The van der Waals surface area contributed by atoms with E-state index >= 15 is 0 Å². The summed E-state index contributed by atoms with van der Waals surface area (Å²) in [6.07, 6.45) is 0. The van der Waals surface area contributed by atoms with Crippen molar-refractivity contribution in [2.45, 2.75) is 0 Å². The molecule has 0 radical (unpaired) electrons. The summed E-state index contributed by atoms with van der Waals surface area (Å²) in [5.41, 5.74) is 29.4. The monoisotopic (exact) mass is 1400 g/mol. The Morgan fingerprint density at radius 1 is 0.173 bits per heavy atom. The van der Waals surface area contributed by atoms with Gasteiger partial charge in [-0.15, -0.1) is 0 Å². The highest BCUT2D eigenvalue weighted by atomic mass is 16.3. The summed E-state index contributed by atoms with van der Waals surface area (Å²) in [7, 11) is 0. The van der Waals surface area contributed by atoms with Crippen LogP contribution in [0, 0.1) is 0 Å². The van der Waals surface area contributed by atoms with Crippen LogP contribution in [0.15, 0.2) is 391 Å². The Morgan fingerprint density at radius 3 is 0.936 bits per heavy atom. The van der Waals surface area contributed by atoms with E-state index < -0.39 is 0 Å². The van der Waals surface area contributed by atoms with E-state index in [2.05, 4.69) is 355 Å². The summed E-state index contributed by atoms with van der Waals surface area (Å²) in [5, 5.41) is 14.8. The van der Waals surface area contributed by atoms with E-state index in [0.29, 0.717) is 0 Å². The van der Waals surface area contributed by atoms with Gasteiger partial charge in [-0.3, -0.25) is 0 Å². The summed E-state index contributed by atoms with van der Waals surface area (Å²) in [4.78, 5) is 15.6. The second kappa shape index (κ2) is 25.5. The Morgan fingerprint density at radius 2 is 0.482 bits per heavy atom. The molecule has 16 aromatic carbocycles. The highest BCUT2D eigenvalue weighted by molar-refractivity contribution is 6.25. The lowest BCUT2D eigenvalue weighted by Gasteiger charge is -2.13. The molecule has 7 aromatic heterocycles. The van der Waals surface area contributed by atoms with Crippen molar-refractivity contribution in [2.75, 3.05) is 0 Å². The molecule has 23 aromatic rings. The molecule has 7 heterocycles. The van der Waals surface area contributed by atoms with Crippen molar-refractivity contribution < 1.29 is 8.83 Å². The topological polar surface area (TPSA) is 74.8 Å². The van der Waals surface area contributed by atoms with Crippen LogP contribution in [0.4, 0.5) is 0 Å². The maximum Gasteiger partial charge on any atom is 0.135 e. The number of furan rings is 2. The van der Waals surface area contributed by atoms with Crippen molar-refractivity contribution in [3.05, 3.63) is 382 Å². The summed E-state index contributed by atoms with van der Waals surface area (Å²) >= 11 is 0. The average molecular weight is 1400 g/mol. The zero-order valence-electron chi connectivity index (χ0n) is 59.4. The van der Waals surface area contributed by atoms with E-state index in [0.717, 1.165) is 145 Å². The van der Waals surface area contributed by atoms with Crippen molar-refractivity contribution in [3.63, 3.8) is 0 Å². The number of para-hydroxylation sites is 2. The van der Waals surface area contributed by atoms with Gasteiger partial charge in [-0.25, -0.2) is 15.0 Å². The lowest BCUT2D eigenvalue weighted by atomic mass is 9.95. The Hall–Kier alpha value is -14.8. The van der Waals surface area contributed by atoms with Crippen molar-refractivity contribution in [1.82, 2.24) is 24.1 Å². The predicted octanol–water partition coefficient (Wildman–Crippen LogP) is 27.7. The first-order valence-electron chi connectivity index (χ1n) is 37.3. The lowest BCUT2D eigenvalue weighted by molar-refractivity contribution is 0.668. The number of pyridine rings is 3. The minimum atomic E-state index is 0.870. The summed E-state index contributed by atoms with van der Waals surface area (Å²) in [6.45, 7) is 0. The van der Waals surface area contributed by atoms with E-state index in [1.165, 1.54) is 76.3 Å². The van der Waals surface area contributed by atoms with Crippen LogP contribution >= 0.6 is 0 Å². The number of nitrogens with zero attached hydrogens (tertiary/aromatic N) is 5. The van der Waals surface area contributed by atoms with Crippen molar-refractivity contribution in [2.24, 2.45) is 0 Å². The van der Waals surface area contributed by atoms with Gasteiger partial charge < -0.3 is 18.0 Å². The third-order valence-electron chi connectivity index (χ3n) is 22.1. The van der Waals surface area contributed by atoms with E-state index in [1.807, 2.05) is 36.4 Å². The molecule has 0 aliphatic rings. The first kappa shape index (κ1) is 62.6. The maximum atomic E-state index is 6.18. The molecule has 0 atom stereocenters. The SMILES string of the molecule is c1ccc(-c2cccc(-c3cc(-c4ccc(-c5ccc(-n6c7cccc8ccc9cccc6c9c87)cc5)cc4)cc(-c4cccc(-c5ccccc5)n4)c3)n2)cc1.c1ccc2c(c1)oc1ccc(-c3cc(-c4ccc(-n5c6cccc7ccc8cccc5c8c76)cc4)nc(-c4ccc5oc6ccccc6c5c4)c3)cc12. The molecular formula is C103H63N5O2. The second-order valence-electron chi connectivity index (χ2n) is 28.6. The Bertz CT molecular complexity index is 7130. The van der Waals surface area contributed by atoms with Crippen LogP contribution in [0.5, 0.6) is 0 Å². The molecular weight excluding hydrogens is 1340 g/mol. The molecule has 110 heavy (non-hydrogen) atoms. The van der Waals surface area contributed by atoms with Gasteiger partial charge in [0.1, 0.15) is 22.3 Å². The first-order valence-corrected chi connectivity index (χ1v) is 37.3. The predicted molar refractivity (Wildman–Crippen MR) is 456 cm³/mol. The van der Waals surface area contributed by atoms with Crippen LogP contribution in [0.2, 0.25) is 0 Å². The molecule has 0 aliphatic carbocycles. The summed E-state index contributed by atoms with van der Waals surface area (Å²) < 4.78 is 17.1. The van der Waals surface area contributed by atoms with Gasteiger partial charge in [-0.05, 0) is 201 Å². The van der Waals surface area contributed by atoms with Gasteiger partial charge in [0.2, 0.25) is 0 Å². The molecule has 23 rings (SSSR count). The maximum absolute atomic E-state index is 6.18. The summed E-state index contributed by atoms with van der Waals surface area (Å²) in [5.74, 6) is 0. The van der Waals surface area contributed by atoms with E-state index in [1.54, 1.807) is 0 Å². The number of fused-ring (bicyclic) bond motifs is 6. The van der Waals surface area contributed by atoms with Gasteiger partial charge in [-0.2, -0.15) is 0 Å². The highest BCUT2D eigenvalue weighted by Crippen LogP contribution is 2.44. The number of hydrogen-bond donors (Lipinski definition) is 0. The van der Waals surface area contributed by atoms with Gasteiger partial charge in [0, 0.05) is 87.8 Å². The van der Waals surface area contributed by atoms with E-state index in [4.69, 9.17) is 23.8 Å². The zero-order valence-corrected chi connectivity index (χ0v) is 59.4. The van der Waals surface area contributed by atoms with Crippen LogP contribution in [-0.4, -0.2) is 24.1 Å². The molecule has 0 spiro atoms. The normalized spacial score (nSPS) is 11.8. The quantitative estimate of drug-likeness (QED) is 0.121. The van der Waals surface area contributed by atoms with Gasteiger partial charge in [-0.1, -0.05) is 237 Å². The Balaban J connectivity index is 0.000000136. The van der Waals surface area contributed by atoms with Gasteiger partial charge >= 0.3 is 0 Å². The molecule has 0 saturated carbocycles. The number of benzene rings is 16. The van der Waals surface area contributed by atoms with Crippen LogP contribution < -0.4 is 0 Å². The molecule has 7 nitrogen and oxygen atoms in total. The molecule has 0 saturated heterocycles. The van der Waals surface area contributed by atoms with Crippen LogP contribution in [-0.2, 0) is 0 Å². The molecule has 0 amide bonds. The molecule has 0 unspecified atom stereocenters. The third kappa shape index (κ3) is 10.6. The van der Waals surface area contributed by atoms with Crippen LogP contribution in [0.1, 0.15) is 0 Å². The standard InChI is InChI=1S/C54H35N3.C49H28N2O2/c1-3-11-39(12-4-1)47-17-9-19-49(55-47)44-33-43(34-45(35-44)50-20-10-18-48(56-50)40-13-5-2-6-14-40)38-25-23-36(24-26-38)37-29-31-46(32-30-37)57-51-21-7-15-41-27-28-42-16-8-22-52(57)54(42)53(41)51;1-3-13-44-36(9-1)38-25-32(19-23-46(38)52-44)34-27-40(50-41(28-34)33-20-24-47-39(26-33)37-10-2-4-14-45(37)53-47)29-17-21-35(22-18-29)51-42-11-5-7-30-15-16-31-8-6-12-43(51)49(31)48(30)42/h1-35H;1-28H. The number of aromatic nitrogens is 5. The van der Waals surface area contributed by atoms with E-state index in [-0.39, 0.29) is 0 Å². The minimum Gasteiger partial charge on any atom is -0.456 e. The third-order valence-corrected chi connectivity index (χ3v) is 22.1. The van der Waals surface area contributed by atoms with Crippen molar-refractivity contribution >= 4 is 109 Å². The minimum absolute atomic E-state index is 0.870. The Labute approximate surface area is 632 Å². The van der Waals surface area contributed by atoms with Crippen LogP contribution in [0.25, 0.3) is 221 Å². The first-order chi connectivity index (χ1) is 54.5. The van der Waals surface area contributed by atoms with Crippen LogP contribution in [0.3, 0.4) is 0 Å². The van der Waals surface area contributed by atoms with E-state index in [9.17, 15) is 0 Å². The molecule has 0 fully saturated rings. The zero-order chi connectivity index (χ0) is 72.3. The smallest absolute Gasteiger partial charge is 0.135 e. The molecule has 7 heteroatoms. The van der Waals surface area contributed by atoms with Crippen molar-refractivity contribution in [3.8, 4) is 112 Å². The fourth-order valence-electron chi connectivity index (χ4n) is 16.8. The van der Waals surface area contributed by atoms with Gasteiger partial charge in [0.15, 0.2) is 0 Å².